The van der Waals surface area contributed by atoms with Gasteiger partial charge < -0.3 is 15.0 Å². The number of carbonyl (C=O) groups is 1. The summed E-state index contributed by atoms with van der Waals surface area (Å²) >= 11 is 0. The average Bonchev–Trinajstić information content (AvgIpc) is 2.59. The Kier molecular flexibility index (Phi) is 6.68. The van der Waals surface area contributed by atoms with E-state index in [9.17, 15) is 4.79 Å². The molecule has 1 heterocycles. The molecule has 1 N–H and O–H groups in total. The second-order valence-corrected chi connectivity index (χ2v) is 5.56. The molecule has 0 unspecified atom stereocenters. The van der Waals surface area contributed by atoms with Crippen LogP contribution in [0.1, 0.15) is 12.8 Å². The lowest BCUT2D eigenvalue weighted by atomic mass is 10.1. The van der Waals surface area contributed by atoms with Crippen LogP contribution >= 0.6 is 12.4 Å². The number of ether oxygens (including phenoxy) is 1. The largest absolute Gasteiger partial charge is 0.493 e. The maximum Gasteiger partial charge on any atom is 0.222 e. The van der Waals surface area contributed by atoms with Gasteiger partial charge in [0.25, 0.3) is 0 Å². The number of rotatable bonds is 5. The normalized spacial score (nSPS) is 14.3. The average molecular weight is 335 g/mol. The molecule has 0 saturated carbocycles. The van der Waals surface area contributed by atoms with E-state index in [0.717, 1.165) is 43.7 Å². The van der Waals surface area contributed by atoms with E-state index >= 15 is 0 Å². The molecule has 0 aliphatic carbocycles. The molecule has 2 aromatic carbocycles. The van der Waals surface area contributed by atoms with E-state index in [4.69, 9.17) is 4.74 Å². The molecule has 0 atom stereocenters. The third-order valence-electron chi connectivity index (χ3n) is 4.01. The number of carbonyl (C=O) groups excluding carboxylic acids is 1. The van der Waals surface area contributed by atoms with Gasteiger partial charge in [-0.05, 0) is 17.9 Å². The van der Waals surface area contributed by atoms with Gasteiger partial charge in [-0.1, -0.05) is 36.4 Å². The Morgan fingerprint density at radius 2 is 1.83 bits per heavy atom. The van der Waals surface area contributed by atoms with Crippen LogP contribution in [-0.2, 0) is 4.79 Å². The van der Waals surface area contributed by atoms with Crippen molar-refractivity contribution < 1.29 is 9.53 Å². The number of hydrogen-bond acceptors (Lipinski definition) is 3. The predicted molar refractivity (Wildman–Crippen MR) is 95.4 cm³/mol. The maximum atomic E-state index is 12.1. The predicted octanol–water partition coefficient (Wildman–Crippen LogP) is 2.85. The van der Waals surface area contributed by atoms with Gasteiger partial charge in [-0.15, -0.1) is 12.4 Å². The molecule has 4 nitrogen and oxygen atoms in total. The van der Waals surface area contributed by atoms with Gasteiger partial charge >= 0.3 is 0 Å². The zero-order chi connectivity index (χ0) is 15.2. The molecule has 0 radical (unpaired) electrons. The maximum absolute atomic E-state index is 12.1. The zero-order valence-electron chi connectivity index (χ0n) is 13.2. The SMILES string of the molecule is Cl.O=C(CCCOc1cccc2ccccc12)N1CCNCC1. The molecule has 1 amide bonds. The molecule has 1 aliphatic heterocycles. The van der Waals surface area contributed by atoms with Crippen molar-refractivity contribution in [3.63, 3.8) is 0 Å². The smallest absolute Gasteiger partial charge is 0.222 e. The highest BCUT2D eigenvalue weighted by molar-refractivity contribution is 5.88. The Balaban J connectivity index is 0.00000192. The lowest BCUT2D eigenvalue weighted by Crippen LogP contribution is -2.46. The summed E-state index contributed by atoms with van der Waals surface area (Å²) in [5.41, 5.74) is 0. The first-order valence-electron chi connectivity index (χ1n) is 7.94. The molecule has 124 valence electrons. The van der Waals surface area contributed by atoms with Crippen LogP contribution in [0.5, 0.6) is 5.75 Å². The van der Waals surface area contributed by atoms with Gasteiger partial charge in [-0.2, -0.15) is 0 Å². The molecule has 1 saturated heterocycles. The van der Waals surface area contributed by atoms with E-state index in [-0.39, 0.29) is 18.3 Å². The van der Waals surface area contributed by atoms with Crippen molar-refractivity contribution in [2.24, 2.45) is 0 Å². The van der Waals surface area contributed by atoms with Crippen LogP contribution in [0.4, 0.5) is 0 Å². The van der Waals surface area contributed by atoms with Gasteiger partial charge in [0.1, 0.15) is 5.75 Å². The molecule has 0 aromatic heterocycles. The highest BCUT2D eigenvalue weighted by atomic mass is 35.5. The minimum Gasteiger partial charge on any atom is -0.493 e. The summed E-state index contributed by atoms with van der Waals surface area (Å²) in [6.07, 6.45) is 1.32. The van der Waals surface area contributed by atoms with Crippen LogP contribution < -0.4 is 10.1 Å². The fourth-order valence-corrected chi connectivity index (χ4v) is 2.80. The summed E-state index contributed by atoms with van der Waals surface area (Å²) in [5.74, 6) is 1.13. The van der Waals surface area contributed by atoms with Gasteiger partial charge in [0.2, 0.25) is 5.91 Å². The van der Waals surface area contributed by atoms with Crippen LogP contribution in [0.25, 0.3) is 10.8 Å². The van der Waals surface area contributed by atoms with Gasteiger partial charge in [0.15, 0.2) is 0 Å². The van der Waals surface area contributed by atoms with Crippen LogP contribution in [0.3, 0.4) is 0 Å². The molecule has 1 fully saturated rings. The van der Waals surface area contributed by atoms with Crippen molar-refractivity contribution in [2.45, 2.75) is 12.8 Å². The van der Waals surface area contributed by atoms with Crippen molar-refractivity contribution in [1.82, 2.24) is 10.2 Å². The minimum absolute atomic E-state index is 0. The first kappa shape index (κ1) is 17.6. The molecule has 0 spiro atoms. The van der Waals surface area contributed by atoms with E-state index in [2.05, 4.69) is 23.5 Å². The Labute approximate surface area is 143 Å². The molecular formula is C18H23ClN2O2. The number of amides is 1. The van der Waals surface area contributed by atoms with E-state index in [1.54, 1.807) is 0 Å². The third-order valence-corrected chi connectivity index (χ3v) is 4.01. The Morgan fingerprint density at radius 3 is 2.65 bits per heavy atom. The molecular weight excluding hydrogens is 312 g/mol. The molecule has 1 aliphatic rings. The van der Waals surface area contributed by atoms with Crippen molar-refractivity contribution in [3.8, 4) is 5.75 Å². The van der Waals surface area contributed by atoms with Gasteiger partial charge in [0.05, 0.1) is 6.61 Å². The summed E-state index contributed by atoms with van der Waals surface area (Å²) in [5, 5.41) is 5.56. The molecule has 2 aromatic rings. The Morgan fingerprint density at radius 1 is 1.09 bits per heavy atom. The summed E-state index contributed by atoms with van der Waals surface area (Å²) in [4.78, 5) is 14.0. The lowest BCUT2D eigenvalue weighted by Gasteiger charge is -2.27. The Hall–Kier alpha value is -1.78. The summed E-state index contributed by atoms with van der Waals surface area (Å²) in [6, 6.07) is 14.3. The topological polar surface area (TPSA) is 41.6 Å². The van der Waals surface area contributed by atoms with Crippen molar-refractivity contribution in [2.75, 3.05) is 32.8 Å². The molecule has 3 rings (SSSR count). The number of nitrogens with one attached hydrogen (secondary N) is 1. The number of nitrogens with zero attached hydrogens (tertiary/aromatic N) is 1. The summed E-state index contributed by atoms with van der Waals surface area (Å²) in [6.45, 7) is 4.02. The van der Waals surface area contributed by atoms with E-state index < -0.39 is 0 Å². The minimum atomic E-state index is 0. The van der Waals surface area contributed by atoms with E-state index in [0.29, 0.717) is 13.0 Å². The van der Waals surface area contributed by atoms with Crippen molar-refractivity contribution in [3.05, 3.63) is 42.5 Å². The van der Waals surface area contributed by atoms with Crippen LogP contribution in [0.15, 0.2) is 42.5 Å². The van der Waals surface area contributed by atoms with Crippen LogP contribution in [-0.4, -0.2) is 43.6 Å². The first-order chi connectivity index (χ1) is 10.8. The van der Waals surface area contributed by atoms with E-state index in [1.807, 2.05) is 29.2 Å². The Bertz CT molecular complexity index is 636. The standard InChI is InChI=1S/C18H22N2O2.ClH/c21-18(20-12-10-19-11-13-20)9-4-14-22-17-8-3-6-15-5-1-2-7-16(15)17;/h1-3,5-8,19H,4,9-14H2;1H. The zero-order valence-corrected chi connectivity index (χ0v) is 14.0. The number of benzene rings is 2. The number of fused-ring (bicyclic) bond motifs is 1. The van der Waals surface area contributed by atoms with Crippen LogP contribution in [0.2, 0.25) is 0 Å². The van der Waals surface area contributed by atoms with Crippen molar-refractivity contribution >= 4 is 29.1 Å². The van der Waals surface area contributed by atoms with Gasteiger partial charge in [-0.25, -0.2) is 0 Å². The summed E-state index contributed by atoms with van der Waals surface area (Å²) < 4.78 is 5.87. The molecule has 5 heteroatoms. The summed E-state index contributed by atoms with van der Waals surface area (Å²) in [7, 11) is 0. The van der Waals surface area contributed by atoms with Crippen LogP contribution in [0, 0.1) is 0 Å². The lowest BCUT2D eigenvalue weighted by molar-refractivity contribution is -0.131. The number of piperazine rings is 1. The van der Waals surface area contributed by atoms with Gasteiger partial charge in [-0.3, -0.25) is 4.79 Å². The monoisotopic (exact) mass is 334 g/mol. The third kappa shape index (κ3) is 4.60. The second-order valence-electron chi connectivity index (χ2n) is 5.56. The second kappa shape index (κ2) is 8.75. The fourth-order valence-electron chi connectivity index (χ4n) is 2.80. The number of halogens is 1. The first-order valence-corrected chi connectivity index (χ1v) is 7.94. The quantitative estimate of drug-likeness (QED) is 0.855. The molecule has 23 heavy (non-hydrogen) atoms. The highest BCUT2D eigenvalue weighted by Gasteiger charge is 2.15. The van der Waals surface area contributed by atoms with Crippen molar-refractivity contribution in [1.29, 1.82) is 0 Å². The van der Waals surface area contributed by atoms with E-state index in [1.165, 1.54) is 5.39 Å². The fraction of sp³-hybridized carbons (Fsp3) is 0.389. The van der Waals surface area contributed by atoms with Gasteiger partial charge in [0, 0.05) is 38.0 Å². The highest BCUT2D eigenvalue weighted by Crippen LogP contribution is 2.25. The molecule has 0 bridgehead atoms. The number of hydrogen-bond donors (Lipinski definition) is 1.